The fourth-order valence-corrected chi connectivity index (χ4v) is 1.31. The molecule has 0 heterocycles. The van der Waals surface area contributed by atoms with Gasteiger partial charge in [0, 0.05) is 13.5 Å². The average molecular weight is 157 g/mol. The Morgan fingerprint density at radius 3 is 2.73 bits per heavy atom. The average Bonchev–Trinajstić information content (AvgIpc) is 1.93. The fraction of sp³-hybridized carbons (Fsp3) is 0.875. The van der Waals surface area contributed by atoms with Gasteiger partial charge in [0.15, 0.2) is 0 Å². The van der Waals surface area contributed by atoms with E-state index in [1.807, 2.05) is 6.92 Å². The Morgan fingerprint density at radius 1 is 1.64 bits per heavy atom. The molecule has 1 aliphatic rings. The predicted octanol–water partition coefficient (Wildman–Crippen LogP) is 0.690. The van der Waals surface area contributed by atoms with E-state index in [2.05, 4.69) is 5.32 Å². The van der Waals surface area contributed by atoms with Crippen LogP contribution >= 0.6 is 0 Å². The molecule has 0 aromatic rings. The smallest absolute Gasteiger partial charge is 0.217 e. The van der Waals surface area contributed by atoms with Gasteiger partial charge in [-0.3, -0.25) is 4.79 Å². The maximum Gasteiger partial charge on any atom is 0.217 e. The van der Waals surface area contributed by atoms with Crippen LogP contribution in [0.2, 0.25) is 0 Å². The van der Waals surface area contributed by atoms with E-state index in [-0.39, 0.29) is 18.1 Å². The molecule has 1 aliphatic carbocycles. The molecule has 0 aliphatic heterocycles. The quantitative estimate of drug-likeness (QED) is 0.654. The number of carbonyl (C=O) groups excluding carboxylic acids is 1. The molecule has 64 valence electrons. The molecule has 0 aromatic carbocycles. The first-order chi connectivity index (χ1) is 5.24. The maximum atomic E-state index is 10.6. The minimum atomic E-state index is 0.0411. The second kappa shape index (κ2) is 3.72. The van der Waals surface area contributed by atoms with Crippen LogP contribution in [0.4, 0.5) is 0 Å². The van der Waals surface area contributed by atoms with Crippen LogP contribution in [0.15, 0.2) is 0 Å². The van der Waals surface area contributed by atoms with Gasteiger partial charge in [-0.2, -0.15) is 0 Å². The molecule has 1 amide bonds. The summed E-state index contributed by atoms with van der Waals surface area (Å²) < 4.78 is 5.38. The Morgan fingerprint density at radius 2 is 2.36 bits per heavy atom. The molecule has 1 saturated carbocycles. The monoisotopic (exact) mass is 157 g/mol. The van der Waals surface area contributed by atoms with Gasteiger partial charge in [-0.1, -0.05) is 0 Å². The van der Waals surface area contributed by atoms with Crippen LogP contribution in [0.3, 0.4) is 0 Å². The highest BCUT2D eigenvalue weighted by atomic mass is 16.5. The minimum absolute atomic E-state index is 0.0411. The number of amides is 1. The normalized spacial score (nSPS) is 29.3. The third-order valence-electron chi connectivity index (χ3n) is 1.98. The molecule has 0 bridgehead atoms. The highest BCUT2D eigenvalue weighted by molar-refractivity contribution is 5.73. The first-order valence-electron chi connectivity index (χ1n) is 4.12. The van der Waals surface area contributed by atoms with E-state index >= 15 is 0 Å². The SMILES string of the molecule is CCO[C@H]1CC[C@@H]1NC(C)=O. The molecule has 11 heavy (non-hydrogen) atoms. The molecule has 1 N–H and O–H groups in total. The van der Waals surface area contributed by atoms with Crippen molar-refractivity contribution in [1.29, 1.82) is 0 Å². The van der Waals surface area contributed by atoms with Crippen molar-refractivity contribution < 1.29 is 9.53 Å². The number of ether oxygens (including phenoxy) is 1. The van der Waals surface area contributed by atoms with Crippen LogP contribution in [0.1, 0.15) is 26.7 Å². The van der Waals surface area contributed by atoms with E-state index in [1.54, 1.807) is 6.92 Å². The largest absolute Gasteiger partial charge is 0.376 e. The molecule has 0 saturated heterocycles. The Hall–Kier alpha value is -0.570. The summed E-state index contributed by atoms with van der Waals surface area (Å²) in [6, 6.07) is 0.271. The molecular formula is C8H15NO2. The first kappa shape index (κ1) is 8.53. The van der Waals surface area contributed by atoms with Gasteiger partial charge in [0.05, 0.1) is 12.1 Å². The highest BCUT2D eigenvalue weighted by Gasteiger charge is 2.31. The summed E-state index contributed by atoms with van der Waals surface area (Å²) in [7, 11) is 0. The third-order valence-corrected chi connectivity index (χ3v) is 1.98. The third kappa shape index (κ3) is 2.19. The van der Waals surface area contributed by atoms with Crippen molar-refractivity contribution >= 4 is 5.91 Å². The van der Waals surface area contributed by atoms with Gasteiger partial charge in [0.2, 0.25) is 5.91 Å². The van der Waals surface area contributed by atoms with Crippen molar-refractivity contribution in [2.75, 3.05) is 6.61 Å². The Balaban J connectivity index is 2.20. The summed E-state index contributed by atoms with van der Waals surface area (Å²) in [5.74, 6) is 0.0411. The van der Waals surface area contributed by atoms with Gasteiger partial charge in [-0.15, -0.1) is 0 Å². The lowest BCUT2D eigenvalue weighted by Gasteiger charge is -2.36. The van der Waals surface area contributed by atoms with E-state index in [1.165, 1.54) is 0 Å². The zero-order chi connectivity index (χ0) is 8.27. The molecular weight excluding hydrogens is 142 g/mol. The Bertz CT molecular complexity index is 147. The number of rotatable bonds is 3. The molecule has 0 radical (unpaired) electrons. The van der Waals surface area contributed by atoms with E-state index < -0.39 is 0 Å². The molecule has 1 fully saturated rings. The zero-order valence-corrected chi connectivity index (χ0v) is 7.09. The summed E-state index contributed by atoms with van der Waals surface area (Å²) in [6.45, 7) is 4.26. The summed E-state index contributed by atoms with van der Waals surface area (Å²) in [6.07, 6.45) is 2.41. The van der Waals surface area contributed by atoms with Crippen LogP contribution < -0.4 is 5.32 Å². The van der Waals surface area contributed by atoms with Crippen LogP contribution in [0.25, 0.3) is 0 Å². The summed E-state index contributed by atoms with van der Waals surface area (Å²) in [5, 5.41) is 2.85. The topological polar surface area (TPSA) is 38.3 Å². The van der Waals surface area contributed by atoms with Gasteiger partial charge >= 0.3 is 0 Å². The molecule has 0 unspecified atom stereocenters. The first-order valence-corrected chi connectivity index (χ1v) is 4.12. The number of hydrogen-bond donors (Lipinski definition) is 1. The minimum Gasteiger partial charge on any atom is -0.376 e. The van der Waals surface area contributed by atoms with Gasteiger partial charge in [-0.05, 0) is 19.8 Å². The van der Waals surface area contributed by atoms with Crippen molar-refractivity contribution in [3.05, 3.63) is 0 Å². The van der Waals surface area contributed by atoms with Gasteiger partial charge in [-0.25, -0.2) is 0 Å². The molecule has 3 nitrogen and oxygen atoms in total. The lowest BCUT2D eigenvalue weighted by atomic mass is 9.89. The lowest BCUT2D eigenvalue weighted by Crippen LogP contribution is -2.50. The van der Waals surface area contributed by atoms with Gasteiger partial charge < -0.3 is 10.1 Å². The van der Waals surface area contributed by atoms with Crippen molar-refractivity contribution in [2.45, 2.75) is 38.8 Å². The molecule has 0 aromatic heterocycles. The van der Waals surface area contributed by atoms with Crippen molar-refractivity contribution in [3.8, 4) is 0 Å². The van der Waals surface area contributed by atoms with Gasteiger partial charge in [0.25, 0.3) is 0 Å². The molecule has 2 atom stereocenters. The van der Waals surface area contributed by atoms with Crippen LogP contribution in [0.5, 0.6) is 0 Å². The number of hydrogen-bond acceptors (Lipinski definition) is 2. The maximum absolute atomic E-state index is 10.6. The van der Waals surface area contributed by atoms with Crippen molar-refractivity contribution in [3.63, 3.8) is 0 Å². The second-order valence-electron chi connectivity index (χ2n) is 2.88. The van der Waals surface area contributed by atoms with E-state index in [9.17, 15) is 4.79 Å². The summed E-state index contributed by atoms with van der Waals surface area (Å²) >= 11 is 0. The lowest BCUT2D eigenvalue weighted by molar-refractivity contribution is -0.122. The Labute approximate surface area is 67.1 Å². The van der Waals surface area contributed by atoms with Crippen molar-refractivity contribution in [1.82, 2.24) is 5.32 Å². The predicted molar refractivity (Wildman–Crippen MR) is 42.3 cm³/mol. The molecule has 0 spiro atoms. The van der Waals surface area contributed by atoms with E-state index in [4.69, 9.17) is 4.74 Å². The van der Waals surface area contributed by atoms with E-state index in [0.29, 0.717) is 0 Å². The van der Waals surface area contributed by atoms with Crippen molar-refractivity contribution in [2.24, 2.45) is 0 Å². The summed E-state index contributed by atoms with van der Waals surface area (Å²) in [5.41, 5.74) is 0. The van der Waals surface area contributed by atoms with E-state index in [0.717, 1.165) is 19.4 Å². The van der Waals surface area contributed by atoms with Crippen LogP contribution in [-0.4, -0.2) is 24.7 Å². The molecule has 3 heteroatoms. The fourth-order valence-electron chi connectivity index (χ4n) is 1.31. The standard InChI is InChI=1S/C8H15NO2/c1-3-11-8-5-4-7(8)9-6(2)10/h7-8H,3-5H2,1-2H3,(H,9,10)/t7-,8-/m0/s1. The number of carbonyl (C=O) groups is 1. The van der Waals surface area contributed by atoms with Crippen LogP contribution in [0, 0.1) is 0 Å². The second-order valence-corrected chi connectivity index (χ2v) is 2.88. The number of nitrogens with one attached hydrogen (secondary N) is 1. The van der Waals surface area contributed by atoms with Gasteiger partial charge in [0.1, 0.15) is 0 Å². The Kier molecular flexibility index (Phi) is 2.88. The summed E-state index contributed by atoms with van der Waals surface area (Å²) in [4.78, 5) is 10.6. The highest BCUT2D eigenvalue weighted by Crippen LogP contribution is 2.22. The molecule has 1 rings (SSSR count). The van der Waals surface area contributed by atoms with Crippen LogP contribution in [-0.2, 0) is 9.53 Å². The zero-order valence-electron chi connectivity index (χ0n) is 7.09.